The summed E-state index contributed by atoms with van der Waals surface area (Å²) in [4.78, 5) is 40.2. The first kappa shape index (κ1) is 20.5. The van der Waals surface area contributed by atoms with Gasteiger partial charge in [-0.05, 0) is 37.6 Å². The Morgan fingerprint density at radius 3 is 2.61 bits per heavy atom. The molecule has 31 heavy (non-hydrogen) atoms. The van der Waals surface area contributed by atoms with E-state index in [1.54, 1.807) is 73.4 Å². The molecule has 4 rings (SSSR count). The number of carbonyl (C=O) groups is 2. The highest BCUT2D eigenvalue weighted by Crippen LogP contribution is 2.26. The molecular weight excluding hydrogens is 396 g/mol. The first-order chi connectivity index (χ1) is 15.0. The first-order valence-corrected chi connectivity index (χ1v) is 10.0. The van der Waals surface area contributed by atoms with Crippen molar-refractivity contribution in [3.8, 4) is 5.75 Å². The number of nitrogens with zero attached hydrogens (tertiary/aromatic N) is 5. The number of imidazole rings is 1. The number of rotatable bonds is 5. The Bertz CT molecular complexity index is 1110. The van der Waals surface area contributed by atoms with Crippen molar-refractivity contribution in [1.82, 2.24) is 24.4 Å². The van der Waals surface area contributed by atoms with E-state index in [2.05, 4.69) is 20.3 Å². The minimum Gasteiger partial charge on any atom is -0.497 e. The van der Waals surface area contributed by atoms with Crippen LogP contribution < -0.4 is 10.1 Å². The highest BCUT2D eigenvalue weighted by atomic mass is 16.5. The van der Waals surface area contributed by atoms with Gasteiger partial charge in [0.2, 0.25) is 0 Å². The van der Waals surface area contributed by atoms with Crippen molar-refractivity contribution >= 4 is 17.5 Å². The molecule has 0 saturated carbocycles. The summed E-state index contributed by atoms with van der Waals surface area (Å²) < 4.78 is 6.84. The fourth-order valence-electron chi connectivity index (χ4n) is 3.65. The summed E-state index contributed by atoms with van der Waals surface area (Å²) >= 11 is 0. The van der Waals surface area contributed by atoms with Gasteiger partial charge < -0.3 is 19.5 Å². The maximum absolute atomic E-state index is 12.7. The maximum atomic E-state index is 12.7. The predicted molar refractivity (Wildman–Crippen MR) is 114 cm³/mol. The molecule has 2 aromatic heterocycles. The minimum atomic E-state index is -0.271. The molecule has 1 aromatic carbocycles. The van der Waals surface area contributed by atoms with E-state index in [1.165, 1.54) is 0 Å². The average molecular weight is 420 g/mol. The van der Waals surface area contributed by atoms with E-state index in [0.717, 1.165) is 6.42 Å². The molecule has 1 saturated heterocycles. The molecule has 0 bridgehead atoms. The lowest BCUT2D eigenvalue weighted by Gasteiger charge is -2.16. The van der Waals surface area contributed by atoms with Gasteiger partial charge in [0.15, 0.2) is 5.82 Å². The number of anilines is 1. The van der Waals surface area contributed by atoms with Crippen molar-refractivity contribution in [3.63, 3.8) is 0 Å². The van der Waals surface area contributed by atoms with Gasteiger partial charge in [0.25, 0.3) is 11.8 Å². The fraction of sp³-hybridized carbons (Fsp3) is 0.318. The predicted octanol–water partition coefficient (Wildman–Crippen LogP) is 2.41. The van der Waals surface area contributed by atoms with Crippen molar-refractivity contribution in [2.45, 2.75) is 19.3 Å². The lowest BCUT2D eigenvalue weighted by molar-refractivity contribution is 0.0774. The molecule has 1 aliphatic heterocycles. The standard InChI is InChI=1S/C22H24N6O3/c1-14-18(21(29)26-16-4-6-17(31-3)7-5-16)12-24-19(25-14)15-8-10-28(13-15)22(30)20-23-9-11-27(20)2/h4-7,9,11-12,15H,8,10,13H2,1-3H3,(H,26,29)/t15-/m1/s1. The van der Waals surface area contributed by atoms with Crippen LogP contribution in [0.3, 0.4) is 0 Å². The zero-order valence-electron chi connectivity index (χ0n) is 17.7. The smallest absolute Gasteiger partial charge is 0.289 e. The summed E-state index contributed by atoms with van der Waals surface area (Å²) in [6.45, 7) is 2.95. The second-order valence-corrected chi connectivity index (χ2v) is 7.51. The van der Waals surface area contributed by atoms with Gasteiger partial charge in [-0.3, -0.25) is 9.59 Å². The molecular formula is C22H24N6O3. The molecule has 0 radical (unpaired) electrons. The molecule has 3 heterocycles. The Labute approximate surface area is 180 Å². The average Bonchev–Trinajstić information content (AvgIpc) is 3.43. The van der Waals surface area contributed by atoms with Crippen LogP contribution in [0.25, 0.3) is 0 Å². The molecule has 0 unspecified atom stereocenters. The summed E-state index contributed by atoms with van der Waals surface area (Å²) in [5.41, 5.74) is 1.68. The molecule has 3 aromatic rings. The quantitative estimate of drug-likeness (QED) is 0.680. The molecule has 1 fully saturated rings. The highest BCUT2D eigenvalue weighted by molar-refractivity contribution is 6.04. The number of likely N-dealkylation sites (tertiary alicyclic amines) is 1. The van der Waals surface area contributed by atoms with E-state index >= 15 is 0 Å². The molecule has 9 heteroatoms. The number of nitrogens with one attached hydrogen (secondary N) is 1. The van der Waals surface area contributed by atoms with Crippen LogP contribution in [0.4, 0.5) is 5.69 Å². The number of aryl methyl sites for hydroxylation is 2. The van der Waals surface area contributed by atoms with Crippen molar-refractivity contribution in [2.75, 3.05) is 25.5 Å². The third-order valence-corrected chi connectivity index (χ3v) is 5.44. The zero-order chi connectivity index (χ0) is 22.0. The van der Waals surface area contributed by atoms with Crippen LogP contribution >= 0.6 is 0 Å². The van der Waals surface area contributed by atoms with Gasteiger partial charge in [-0.2, -0.15) is 0 Å². The normalized spacial score (nSPS) is 15.7. The third-order valence-electron chi connectivity index (χ3n) is 5.44. The second-order valence-electron chi connectivity index (χ2n) is 7.51. The molecule has 1 N–H and O–H groups in total. The van der Waals surface area contributed by atoms with Crippen LogP contribution in [0.15, 0.2) is 42.9 Å². The minimum absolute atomic E-state index is 0.0293. The Balaban J connectivity index is 1.43. The Kier molecular flexibility index (Phi) is 5.66. The van der Waals surface area contributed by atoms with Crippen LogP contribution in [0.2, 0.25) is 0 Å². The zero-order valence-corrected chi connectivity index (χ0v) is 17.7. The molecule has 0 aliphatic carbocycles. The van der Waals surface area contributed by atoms with Crippen LogP contribution in [-0.2, 0) is 7.05 Å². The molecule has 1 aliphatic rings. The Hall–Kier alpha value is -3.75. The van der Waals surface area contributed by atoms with E-state index in [1.807, 2.05) is 0 Å². The number of hydrogen-bond acceptors (Lipinski definition) is 6. The molecule has 2 amide bonds. The number of aromatic nitrogens is 4. The maximum Gasteiger partial charge on any atom is 0.289 e. The van der Waals surface area contributed by atoms with Gasteiger partial charge in [0.1, 0.15) is 11.6 Å². The number of hydrogen-bond donors (Lipinski definition) is 1. The topological polar surface area (TPSA) is 102 Å². The van der Waals surface area contributed by atoms with Gasteiger partial charge in [-0.25, -0.2) is 15.0 Å². The molecule has 1 atom stereocenters. The van der Waals surface area contributed by atoms with Crippen LogP contribution in [-0.4, -0.2) is 56.4 Å². The molecule has 9 nitrogen and oxygen atoms in total. The number of methoxy groups -OCH3 is 1. The summed E-state index contributed by atoms with van der Waals surface area (Å²) in [6.07, 6.45) is 5.69. The van der Waals surface area contributed by atoms with E-state index in [9.17, 15) is 9.59 Å². The van der Waals surface area contributed by atoms with Crippen LogP contribution in [0.1, 0.15) is 44.8 Å². The first-order valence-electron chi connectivity index (χ1n) is 10.0. The van der Waals surface area contributed by atoms with Crippen molar-refractivity contribution < 1.29 is 14.3 Å². The summed E-state index contributed by atoms with van der Waals surface area (Å²) in [6, 6.07) is 7.10. The fourth-order valence-corrected chi connectivity index (χ4v) is 3.65. The number of ether oxygens (including phenoxy) is 1. The lowest BCUT2D eigenvalue weighted by atomic mass is 10.1. The second kappa shape index (κ2) is 8.55. The van der Waals surface area contributed by atoms with Gasteiger partial charge in [-0.1, -0.05) is 0 Å². The van der Waals surface area contributed by atoms with Gasteiger partial charge in [-0.15, -0.1) is 0 Å². The number of amides is 2. The van der Waals surface area contributed by atoms with E-state index in [0.29, 0.717) is 47.4 Å². The summed E-state index contributed by atoms with van der Waals surface area (Å²) in [5.74, 6) is 1.45. The Morgan fingerprint density at radius 1 is 1.19 bits per heavy atom. The number of benzene rings is 1. The lowest BCUT2D eigenvalue weighted by Crippen LogP contribution is -2.30. The van der Waals surface area contributed by atoms with E-state index in [4.69, 9.17) is 4.74 Å². The van der Waals surface area contributed by atoms with Crippen molar-refractivity contribution in [2.24, 2.45) is 7.05 Å². The molecule has 0 spiro atoms. The van der Waals surface area contributed by atoms with Crippen molar-refractivity contribution in [3.05, 3.63) is 65.8 Å². The number of carbonyl (C=O) groups excluding carboxylic acids is 2. The van der Waals surface area contributed by atoms with E-state index < -0.39 is 0 Å². The largest absolute Gasteiger partial charge is 0.497 e. The van der Waals surface area contributed by atoms with E-state index in [-0.39, 0.29) is 17.7 Å². The van der Waals surface area contributed by atoms with Crippen LogP contribution in [0, 0.1) is 6.92 Å². The summed E-state index contributed by atoms with van der Waals surface area (Å²) in [7, 11) is 3.39. The summed E-state index contributed by atoms with van der Waals surface area (Å²) in [5, 5.41) is 2.85. The highest BCUT2D eigenvalue weighted by Gasteiger charge is 2.31. The van der Waals surface area contributed by atoms with Gasteiger partial charge in [0, 0.05) is 50.3 Å². The molecule has 160 valence electrons. The van der Waals surface area contributed by atoms with Gasteiger partial charge >= 0.3 is 0 Å². The van der Waals surface area contributed by atoms with Gasteiger partial charge in [0.05, 0.1) is 18.4 Å². The SMILES string of the molecule is COc1ccc(NC(=O)c2cnc([C@@H]3CCN(C(=O)c4nccn4C)C3)nc2C)cc1. The third kappa shape index (κ3) is 4.25. The Morgan fingerprint density at radius 2 is 1.97 bits per heavy atom. The monoisotopic (exact) mass is 420 g/mol. The van der Waals surface area contributed by atoms with Crippen LogP contribution in [0.5, 0.6) is 5.75 Å². The van der Waals surface area contributed by atoms with Crippen molar-refractivity contribution in [1.29, 1.82) is 0 Å².